The monoisotopic (exact) mass is 447 g/mol. The van der Waals surface area contributed by atoms with E-state index >= 15 is 0 Å². The van der Waals surface area contributed by atoms with Crippen molar-refractivity contribution in [3.63, 3.8) is 0 Å². The van der Waals surface area contributed by atoms with Gasteiger partial charge in [-0.05, 0) is 43.4 Å². The summed E-state index contributed by atoms with van der Waals surface area (Å²) in [6.45, 7) is 2.13. The molecule has 0 fully saturated rings. The van der Waals surface area contributed by atoms with Gasteiger partial charge in [0.1, 0.15) is 17.8 Å². The predicted molar refractivity (Wildman–Crippen MR) is 130 cm³/mol. The Hall–Kier alpha value is -4.07. The van der Waals surface area contributed by atoms with Crippen LogP contribution < -0.4 is 26.4 Å². The van der Waals surface area contributed by atoms with E-state index in [0.29, 0.717) is 25.1 Å². The Kier molecular flexibility index (Phi) is 8.24. The van der Waals surface area contributed by atoms with E-state index < -0.39 is 18.1 Å². The Bertz CT molecular complexity index is 1100. The molecule has 33 heavy (non-hydrogen) atoms. The summed E-state index contributed by atoms with van der Waals surface area (Å²) in [6, 6.07) is 21.1. The second-order valence-corrected chi connectivity index (χ2v) is 7.67. The number of benzene rings is 3. The maximum atomic E-state index is 13.1. The van der Waals surface area contributed by atoms with Gasteiger partial charge in [0.05, 0.1) is 0 Å². The Labute approximate surface area is 193 Å². The van der Waals surface area contributed by atoms with Crippen molar-refractivity contribution in [2.75, 3.05) is 11.9 Å². The van der Waals surface area contributed by atoms with Gasteiger partial charge < -0.3 is 26.4 Å². The van der Waals surface area contributed by atoms with Crippen LogP contribution in [0.1, 0.15) is 19.8 Å². The molecule has 6 N–H and O–H groups in total. The van der Waals surface area contributed by atoms with Crippen molar-refractivity contribution < 1.29 is 14.3 Å². The molecular weight excluding hydrogens is 418 g/mol. The average molecular weight is 448 g/mol. The number of amides is 1. The molecule has 0 radical (unpaired) electrons. The third-order valence-electron chi connectivity index (χ3n) is 5.10. The number of rotatable bonds is 10. The smallest absolute Gasteiger partial charge is 0.334 e. The number of esters is 1. The lowest BCUT2D eigenvalue weighted by molar-refractivity contribution is -0.139. The van der Waals surface area contributed by atoms with Crippen molar-refractivity contribution in [3.05, 3.63) is 72.8 Å². The SMILES string of the molecule is C[C@H](Nc1ccccc1)C(=O)N[C@@H](CCCNC(=N)N)C(=O)Oc1cccc2ccccc12. The predicted octanol–water partition coefficient (Wildman–Crippen LogP) is 2.99. The van der Waals surface area contributed by atoms with Crippen LogP contribution in [0.2, 0.25) is 0 Å². The molecule has 0 heterocycles. The average Bonchev–Trinajstić information content (AvgIpc) is 2.81. The van der Waals surface area contributed by atoms with Crippen molar-refractivity contribution in [1.82, 2.24) is 10.6 Å². The summed E-state index contributed by atoms with van der Waals surface area (Å²) >= 11 is 0. The van der Waals surface area contributed by atoms with Gasteiger partial charge in [-0.15, -0.1) is 0 Å². The van der Waals surface area contributed by atoms with Crippen LogP contribution in [-0.4, -0.2) is 36.5 Å². The van der Waals surface area contributed by atoms with Gasteiger partial charge in [-0.1, -0.05) is 54.6 Å². The first-order valence-corrected chi connectivity index (χ1v) is 10.8. The molecule has 0 aliphatic rings. The summed E-state index contributed by atoms with van der Waals surface area (Å²) in [4.78, 5) is 25.9. The van der Waals surface area contributed by atoms with Gasteiger partial charge in [0.25, 0.3) is 0 Å². The highest BCUT2D eigenvalue weighted by Gasteiger charge is 2.25. The standard InChI is InChI=1S/C25H29N5O3/c1-17(29-19-11-3-2-4-12-19)23(31)30-21(14-8-16-28-25(26)27)24(32)33-22-15-7-10-18-9-5-6-13-20(18)22/h2-7,9-13,15,17,21,29H,8,14,16H2,1H3,(H,30,31)(H4,26,27,28)/t17-,21-/m0/s1. The van der Waals surface area contributed by atoms with E-state index in [1.54, 1.807) is 13.0 Å². The first-order chi connectivity index (χ1) is 15.9. The molecular formula is C25H29N5O3. The van der Waals surface area contributed by atoms with Gasteiger partial charge in [-0.25, -0.2) is 4.79 Å². The molecule has 0 aromatic heterocycles. The van der Waals surface area contributed by atoms with Crippen LogP contribution in [0.25, 0.3) is 10.8 Å². The van der Waals surface area contributed by atoms with E-state index in [1.165, 1.54) is 0 Å². The van der Waals surface area contributed by atoms with E-state index in [4.69, 9.17) is 15.9 Å². The topological polar surface area (TPSA) is 129 Å². The molecule has 3 aromatic carbocycles. The number of nitrogens with one attached hydrogen (secondary N) is 4. The number of fused-ring (bicyclic) bond motifs is 1. The highest BCUT2D eigenvalue weighted by Crippen LogP contribution is 2.25. The number of carbonyl (C=O) groups excluding carboxylic acids is 2. The maximum Gasteiger partial charge on any atom is 0.334 e. The van der Waals surface area contributed by atoms with Gasteiger partial charge >= 0.3 is 5.97 Å². The van der Waals surface area contributed by atoms with Crippen molar-refractivity contribution in [2.45, 2.75) is 31.8 Å². The Morgan fingerprint density at radius 3 is 2.45 bits per heavy atom. The molecule has 0 saturated carbocycles. The lowest BCUT2D eigenvalue weighted by Crippen LogP contribution is -2.48. The Morgan fingerprint density at radius 1 is 1.00 bits per heavy atom. The van der Waals surface area contributed by atoms with E-state index in [0.717, 1.165) is 16.5 Å². The van der Waals surface area contributed by atoms with Crippen LogP contribution in [-0.2, 0) is 9.59 Å². The van der Waals surface area contributed by atoms with Crippen LogP contribution >= 0.6 is 0 Å². The minimum atomic E-state index is -0.856. The number of para-hydroxylation sites is 1. The number of hydrogen-bond donors (Lipinski definition) is 5. The minimum absolute atomic E-state index is 0.144. The lowest BCUT2D eigenvalue weighted by Gasteiger charge is -2.21. The van der Waals surface area contributed by atoms with Crippen LogP contribution in [0.4, 0.5) is 5.69 Å². The van der Waals surface area contributed by atoms with Crippen molar-refractivity contribution in [3.8, 4) is 5.75 Å². The van der Waals surface area contributed by atoms with Gasteiger partial charge in [-0.2, -0.15) is 0 Å². The number of nitrogens with two attached hydrogens (primary N) is 1. The molecule has 1 amide bonds. The third-order valence-corrected chi connectivity index (χ3v) is 5.10. The van der Waals surface area contributed by atoms with E-state index in [9.17, 15) is 9.59 Å². The highest BCUT2D eigenvalue weighted by atomic mass is 16.5. The first kappa shape index (κ1) is 23.6. The summed E-state index contributed by atoms with van der Waals surface area (Å²) in [5.41, 5.74) is 6.13. The number of guanidine groups is 1. The fourth-order valence-corrected chi connectivity index (χ4v) is 3.39. The van der Waals surface area contributed by atoms with E-state index in [1.807, 2.05) is 66.7 Å². The molecule has 8 nitrogen and oxygen atoms in total. The van der Waals surface area contributed by atoms with Crippen LogP contribution in [0.3, 0.4) is 0 Å². The molecule has 0 bridgehead atoms. The zero-order valence-corrected chi connectivity index (χ0v) is 18.5. The molecule has 3 aromatic rings. The normalized spacial score (nSPS) is 12.4. The molecule has 0 unspecified atom stereocenters. The molecule has 3 rings (SSSR count). The maximum absolute atomic E-state index is 13.1. The van der Waals surface area contributed by atoms with Crippen LogP contribution in [0.5, 0.6) is 5.75 Å². The number of hydrogen-bond acceptors (Lipinski definition) is 5. The highest BCUT2D eigenvalue weighted by molar-refractivity contribution is 5.93. The number of ether oxygens (including phenoxy) is 1. The summed E-state index contributed by atoms with van der Waals surface area (Å²) in [5.74, 6) is -0.572. The second kappa shape index (κ2) is 11.5. The van der Waals surface area contributed by atoms with Gasteiger partial charge in [0.2, 0.25) is 5.91 Å². The van der Waals surface area contributed by atoms with E-state index in [2.05, 4.69) is 16.0 Å². The molecule has 0 spiro atoms. The summed E-state index contributed by atoms with van der Waals surface area (Å²) < 4.78 is 5.71. The largest absolute Gasteiger partial charge is 0.424 e. The van der Waals surface area contributed by atoms with Gasteiger partial charge in [0.15, 0.2) is 5.96 Å². The van der Waals surface area contributed by atoms with Crippen LogP contribution in [0, 0.1) is 5.41 Å². The molecule has 172 valence electrons. The summed E-state index contributed by atoms with van der Waals surface area (Å²) in [6.07, 6.45) is 0.837. The summed E-state index contributed by atoms with van der Waals surface area (Å²) in [7, 11) is 0. The fourth-order valence-electron chi connectivity index (χ4n) is 3.39. The number of carbonyl (C=O) groups is 2. The molecule has 2 atom stereocenters. The molecule has 0 saturated heterocycles. The molecule has 0 aliphatic carbocycles. The zero-order valence-electron chi connectivity index (χ0n) is 18.5. The van der Waals surface area contributed by atoms with Crippen molar-refractivity contribution in [2.24, 2.45) is 5.73 Å². The van der Waals surface area contributed by atoms with Crippen molar-refractivity contribution >= 4 is 34.3 Å². The third kappa shape index (κ3) is 6.96. The van der Waals surface area contributed by atoms with Crippen molar-refractivity contribution in [1.29, 1.82) is 5.41 Å². The van der Waals surface area contributed by atoms with Crippen LogP contribution in [0.15, 0.2) is 72.8 Å². The molecule has 8 heteroatoms. The quantitative estimate of drug-likeness (QED) is 0.107. The summed E-state index contributed by atoms with van der Waals surface area (Å²) in [5, 5.41) is 17.7. The Morgan fingerprint density at radius 2 is 1.70 bits per heavy atom. The van der Waals surface area contributed by atoms with Gasteiger partial charge in [-0.3, -0.25) is 10.2 Å². The minimum Gasteiger partial charge on any atom is -0.424 e. The first-order valence-electron chi connectivity index (χ1n) is 10.8. The Balaban J connectivity index is 1.69. The van der Waals surface area contributed by atoms with Gasteiger partial charge in [0, 0.05) is 17.6 Å². The fraction of sp³-hybridized carbons (Fsp3) is 0.240. The molecule has 0 aliphatic heterocycles. The lowest BCUT2D eigenvalue weighted by atomic mass is 10.1. The zero-order chi connectivity index (χ0) is 23.6. The second-order valence-electron chi connectivity index (χ2n) is 7.67. The van der Waals surface area contributed by atoms with E-state index in [-0.39, 0.29) is 11.9 Å². The number of anilines is 1.